The van der Waals surface area contributed by atoms with Crippen LogP contribution in [0.25, 0.3) is 0 Å². The van der Waals surface area contributed by atoms with Gasteiger partial charge >= 0.3 is 0 Å². The van der Waals surface area contributed by atoms with Crippen molar-refractivity contribution in [2.24, 2.45) is 0 Å². The van der Waals surface area contributed by atoms with Crippen LogP contribution in [0, 0.1) is 18.3 Å². The first-order valence-corrected chi connectivity index (χ1v) is 4.61. The third-order valence-corrected chi connectivity index (χ3v) is 2.14. The number of nitrogens with zero attached hydrogens (tertiary/aromatic N) is 1. The van der Waals surface area contributed by atoms with E-state index in [1.54, 1.807) is 13.0 Å². The van der Waals surface area contributed by atoms with Gasteiger partial charge in [0.05, 0.1) is 22.9 Å². The first-order chi connectivity index (χ1) is 7.63. The summed E-state index contributed by atoms with van der Waals surface area (Å²) >= 11 is 0. The van der Waals surface area contributed by atoms with Gasteiger partial charge < -0.3 is 10.6 Å². The molecule has 5 heteroatoms. The number of aryl methyl sites for hydroxylation is 1. The van der Waals surface area contributed by atoms with Crippen LogP contribution in [0.5, 0.6) is 0 Å². The van der Waals surface area contributed by atoms with Gasteiger partial charge in [-0.1, -0.05) is 0 Å². The number of carbonyl (C=O) groups is 2. The van der Waals surface area contributed by atoms with Gasteiger partial charge in [0.15, 0.2) is 0 Å². The molecule has 0 unspecified atom stereocenters. The second-order valence-corrected chi connectivity index (χ2v) is 3.17. The minimum absolute atomic E-state index is 0.283. The number of carbonyl (C=O) groups excluding carboxylic acids is 2. The molecule has 0 fully saturated rings. The average molecular weight is 217 g/mol. The molecule has 1 aromatic rings. The molecule has 0 saturated heterocycles. The second kappa shape index (κ2) is 4.94. The molecule has 2 N–H and O–H groups in total. The lowest BCUT2D eigenvalue weighted by atomic mass is 10.0. The highest BCUT2D eigenvalue weighted by molar-refractivity contribution is 6.02. The zero-order valence-corrected chi connectivity index (χ0v) is 9.00. The number of rotatable bonds is 3. The summed E-state index contributed by atoms with van der Waals surface area (Å²) in [7, 11) is 1.49. The van der Waals surface area contributed by atoms with E-state index in [1.165, 1.54) is 13.1 Å². The number of nitriles is 1. The van der Waals surface area contributed by atoms with Gasteiger partial charge in [-0.25, -0.2) is 0 Å². The first kappa shape index (κ1) is 11.7. The molecule has 0 aliphatic heterocycles. The van der Waals surface area contributed by atoms with Gasteiger partial charge in [-0.3, -0.25) is 9.59 Å². The minimum atomic E-state index is -0.343. The Bertz CT molecular complexity index is 475. The lowest BCUT2D eigenvalue weighted by Crippen LogP contribution is -2.20. The summed E-state index contributed by atoms with van der Waals surface area (Å²) < 4.78 is 0. The summed E-state index contributed by atoms with van der Waals surface area (Å²) in [6.07, 6.45) is 0.501. The van der Waals surface area contributed by atoms with Crippen molar-refractivity contribution in [3.63, 3.8) is 0 Å². The summed E-state index contributed by atoms with van der Waals surface area (Å²) in [4.78, 5) is 22.0. The van der Waals surface area contributed by atoms with Crippen molar-refractivity contribution >= 4 is 18.0 Å². The molecule has 16 heavy (non-hydrogen) atoms. The fraction of sp³-hybridized carbons (Fsp3) is 0.182. The standard InChI is InChI=1S/C11H11N3O2/c1-7-3-8(5-12)4-9(11(16)13-2)10(7)14-6-15/h3-4,6H,1-2H3,(H,13,16)(H,14,15). The number of amides is 2. The fourth-order valence-corrected chi connectivity index (χ4v) is 1.42. The van der Waals surface area contributed by atoms with Gasteiger partial charge in [-0.15, -0.1) is 0 Å². The van der Waals surface area contributed by atoms with Gasteiger partial charge in [0.1, 0.15) is 0 Å². The molecular weight excluding hydrogens is 206 g/mol. The van der Waals surface area contributed by atoms with E-state index in [4.69, 9.17) is 5.26 Å². The van der Waals surface area contributed by atoms with Crippen LogP contribution < -0.4 is 10.6 Å². The smallest absolute Gasteiger partial charge is 0.253 e. The minimum Gasteiger partial charge on any atom is -0.355 e. The Labute approximate surface area is 93.1 Å². The molecule has 0 bridgehead atoms. The molecule has 0 heterocycles. The molecule has 0 aromatic heterocycles. The number of nitrogens with one attached hydrogen (secondary N) is 2. The Balaban J connectivity index is 3.40. The zero-order chi connectivity index (χ0) is 12.1. The van der Waals surface area contributed by atoms with E-state index in [2.05, 4.69) is 10.6 Å². The van der Waals surface area contributed by atoms with Crippen LogP contribution in [0.4, 0.5) is 5.69 Å². The maximum Gasteiger partial charge on any atom is 0.253 e. The Hall–Kier alpha value is -2.35. The maximum absolute atomic E-state index is 11.6. The van der Waals surface area contributed by atoms with Gasteiger partial charge in [-0.2, -0.15) is 5.26 Å². The van der Waals surface area contributed by atoms with E-state index >= 15 is 0 Å². The number of hydrogen-bond acceptors (Lipinski definition) is 3. The van der Waals surface area contributed by atoms with Gasteiger partial charge in [0, 0.05) is 7.05 Å². The Morgan fingerprint density at radius 3 is 2.69 bits per heavy atom. The van der Waals surface area contributed by atoms with E-state index in [0.717, 1.165) is 0 Å². The van der Waals surface area contributed by atoms with Crippen LogP contribution in [0.3, 0.4) is 0 Å². The van der Waals surface area contributed by atoms with E-state index < -0.39 is 0 Å². The Kier molecular flexibility index (Phi) is 3.62. The first-order valence-electron chi connectivity index (χ1n) is 4.61. The summed E-state index contributed by atoms with van der Waals surface area (Å²) in [5.41, 5.74) is 1.76. The van der Waals surface area contributed by atoms with E-state index in [-0.39, 0.29) is 11.5 Å². The normalized spacial score (nSPS) is 9.06. The van der Waals surface area contributed by atoms with E-state index in [0.29, 0.717) is 23.2 Å². The summed E-state index contributed by atoms with van der Waals surface area (Å²) in [5.74, 6) is -0.343. The van der Waals surface area contributed by atoms with Crippen LogP contribution in [-0.4, -0.2) is 19.4 Å². The number of anilines is 1. The molecule has 1 aromatic carbocycles. The van der Waals surface area contributed by atoms with Gasteiger partial charge in [0.2, 0.25) is 6.41 Å². The molecule has 0 aliphatic carbocycles. The lowest BCUT2D eigenvalue weighted by molar-refractivity contribution is -0.105. The van der Waals surface area contributed by atoms with E-state index in [1.807, 2.05) is 6.07 Å². The Morgan fingerprint density at radius 2 is 2.19 bits per heavy atom. The predicted octanol–water partition coefficient (Wildman–Crippen LogP) is 0.795. The molecule has 0 aliphatic rings. The van der Waals surface area contributed by atoms with Crippen molar-refractivity contribution in [3.05, 3.63) is 28.8 Å². The van der Waals surface area contributed by atoms with E-state index in [9.17, 15) is 9.59 Å². The summed E-state index contributed by atoms with van der Waals surface area (Å²) in [6.45, 7) is 1.72. The molecule has 82 valence electrons. The SMILES string of the molecule is CNC(=O)c1cc(C#N)cc(C)c1NC=O. The molecular formula is C11H11N3O2. The van der Waals surface area contributed by atoms with Crippen molar-refractivity contribution in [2.45, 2.75) is 6.92 Å². The monoisotopic (exact) mass is 217 g/mol. The third-order valence-electron chi connectivity index (χ3n) is 2.14. The van der Waals surface area contributed by atoms with Crippen molar-refractivity contribution < 1.29 is 9.59 Å². The van der Waals surface area contributed by atoms with Gasteiger partial charge in [-0.05, 0) is 24.6 Å². The Morgan fingerprint density at radius 1 is 1.50 bits per heavy atom. The molecule has 2 amide bonds. The number of hydrogen-bond donors (Lipinski definition) is 2. The molecule has 5 nitrogen and oxygen atoms in total. The lowest BCUT2D eigenvalue weighted by Gasteiger charge is -2.10. The maximum atomic E-state index is 11.6. The third kappa shape index (κ3) is 2.17. The van der Waals surface area contributed by atoms with Crippen molar-refractivity contribution in [2.75, 3.05) is 12.4 Å². The van der Waals surface area contributed by atoms with Crippen LogP contribution in [-0.2, 0) is 4.79 Å². The quantitative estimate of drug-likeness (QED) is 0.734. The largest absolute Gasteiger partial charge is 0.355 e. The highest BCUT2D eigenvalue weighted by atomic mass is 16.1. The summed E-state index contributed by atoms with van der Waals surface area (Å²) in [5, 5.41) is 13.7. The van der Waals surface area contributed by atoms with Crippen LogP contribution >= 0.6 is 0 Å². The molecule has 1 rings (SSSR count). The zero-order valence-electron chi connectivity index (χ0n) is 9.00. The fourth-order valence-electron chi connectivity index (χ4n) is 1.42. The van der Waals surface area contributed by atoms with Crippen LogP contribution in [0.1, 0.15) is 21.5 Å². The van der Waals surface area contributed by atoms with Gasteiger partial charge in [0.25, 0.3) is 5.91 Å². The highest BCUT2D eigenvalue weighted by Gasteiger charge is 2.13. The molecule has 0 spiro atoms. The van der Waals surface area contributed by atoms with Crippen molar-refractivity contribution in [1.29, 1.82) is 5.26 Å². The topological polar surface area (TPSA) is 82.0 Å². The molecule has 0 atom stereocenters. The van der Waals surface area contributed by atoms with Crippen molar-refractivity contribution in [3.8, 4) is 6.07 Å². The second-order valence-electron chi connectivity index (χ2n) is 3.17. The predicted molar refractivity (Wildman–Crippen MR) is 59.0 cm³/mol. The van der Waals surface area contributed by atoms with Crippen LogP contribution in [0.2, 0.25) is 0 Å². The number of benzene rings is 1. The highest BCUT2D eigenvalue weighted by Crippen LogP contribution is 2.22. The average Bonchev–Trinajstić information content (AvgIpc) is 2.30. The van der Waals surface area contributed by atoms with Crippen molar-refractivity contribution in [1.82, 2.24) is 5.32 Å². The van der Waals surface area contributed by atoms with Crippen LogP contribution in [0.15, 0.2) is 12.1 Å². The molecule has 0 radical (unpaired) electrons. The molecule has 0 saturated carbocycles. The summed E-state index contributed by atoms with van der Waals surface area (Å²) in [6, 6.07) is 5.01.